The van der Waals surface area contributed by atoms with Gasteiger partial charge in [-0.3, -0.25) is 4.79 Å². The largest absolute Gasteiger partial charge is 0.351 e. The standard InChI is InChI=1S/C11H12FN5O/c1-17-10(14-15-16-17)6-7-13-11(18)8-4-2-3-5-9(8)12/h2-5H,6-7H2,1H3,(H,13,18). The molecule has 2 aromatic rings. The van der Waals surface area contributed by atoms with Crippen LogP contribution < -0.4 is 5.32 Å². The number of benzene rings is 1. The van der Waals surface area contributed by atoms with E-state index in [9.17, 15) is 9.18 Å². The Morgan fingerprint density at radius 1 is 1.44 bits per heavy atom. The molecule has 1 N–H and O–H groups in total. The van der Waals surface area contributed by atoms with Crippen molar-refractivity contribution in [2.75, 3.05) is 6.54 Å². The molecule has 0 aliphatic rings. The molecule has 6 nitrogen and oxygen atoms in total. The molecule has 1 heterocycles. The van der Waals surface area contributed by atoms with Crippen molar-refractivity contribution in [2.45, 2.75) is 6.42 Å². The average molecular weight is 249 g/mol. The first-order chi connectivity index (χ1) is 8.68. The quantitative estimate of drug-likeness (QED) is 0.847. The Morgan fingerprint density at radius 3 is 2.89 bits per heavy atom. The molecule has 0 radical (unpaired) electrons. The molecule has 0 aliphatic heterocycles. The number of tetrazole rings is 1. The van der Waals surface area contributed by atoms with Crippen molar-refractivity contribution in [3.05, 3.63) is 41.5 Å². The van der Waals surface area contributed by atoms with Crippen LogP contribution in [0.25, 0.3) is 0 Å². The minimum Gasteiger partial charge on any atom is -0.351 e. The van der Waals surface area contributed by atoms with E-state index in [1.165, 1.54) is 22.9 Å². The van der Waals surface area contributed by atoms with E-state index < -0.39 is 11.7 Å². The van der Waals surface area contributed by atoms with Crippen LogP contribution in [-0.4, -0.2) is 32.7 Å². The van der Waals surface area contributed by atoms with E-state index >= 15 is 0 Å². The zero-order valence-electron chi connectivity index (χ0n) is 9.80. The normalized spacial score (nSPS) is 10.3. The lowest BCUT2D eigenvalue weighted by Gasteiger charge is -2.05. The molecule has 18 heavy (non-hydrogen) atoms. The summed E-state index contributed by atoms with van der Waals surface area (Å²) >= 11 is 0. The van der Waals surface area contributed by atoms with E-state index in [2.05, 4.69) is 20.8 Å². The molecule has 0 bridgehead atoms. The molecule has 0 saturated heterocycles. The second-order valence-corrected chi connectivity index (χ2v) is 3.70. The molecule has 94 valence electrons. The van der Waals surface area contributed by atoms with Gasteiger partial charge in [-0.15, -0.1) is 5.10 Å². The third kappa shape index (κ3) is 2.68. The lowest BCUT2D eigenvalue weighted by atomic mass is 10.2. The number of carbonyl (C=O) groups is 1. The Kier molecular flexibility index (Phi) is 3.61. The van der Waals surface area contributed by atoms with Crippen molar-refractivity contribution in [1.29, 1.82) is 0 Å². The molecule has 0 unspecified atom stereocenters. The molecule has 0 atom stereocenters. The summed E-state index contributed by atoms with van der Waals surface area (Å²) in [4.78, 5) is 11.7. The highest BCUT2D eigenvalue weighted by Crippen LogP contribution is 2.05. The fourth-order valence-corrected chi connectivity index (χ4v) is 1.49. The number of halogens is 1. The second-order valence-electron chi connectivity index (χ2n) is 3.70. The highest BCUT2D eigenvalue weighted by Gasteiger charge is 2.10. The van der Waals surface area contributed by atoms with Crippen molar-refractivity contribution < 1.29 is 9.18 Å². The topological polar surface area (TPSA) is 72.7 Å². The van der Waals surface area contributed by atoms with E-state index in [-0.39, 0.29) is 5.56 Å². The molecular weight excluding hydrogens is 237 g/mol. The Hall–Kier alpha value is -2.31. The molecule has 0 aliphatic carbocycles. The van der Waals surface area contributed by atoms with Gasteiger partial charge in [0.05, 0.1) is 5.56 Å². The van der Waals surface area contributed by atoms with Crippen LogP contribution in [0, 0.1) is 5.82 Å². The summed E-state index contributed by atoms with van der Waals surface area (Å²) in [6.07, 6.45) is 0.490. The van der Waals surface area contributed by atoms with Crippen LogP contribution in [0.3, 0.4) is 0 Å². The third-order valence-electron chi connectivity index (χ3n) is 2.46. The number of carbonyl (C=O) groups excluding carboxylic acids is 1. The monoisotopic (exact) mass is 249 g/mol. The number of aromatic nitrogens is 4. The lowest BCUT2D eigenvalue weighted by molar-refractivity contribution is 0.0950. The summed E-state index contributed by atoms with van der Waals surface area (Å²) in [6, 6.07) is 5.85. The van der Waals surface area contributed by atoms with Crippen molar-refractivity contribution in [1.82, 2.24) is 25.5 Å². The van der Waals surface area contributed by atoms with Gasteiger partial charge in [0.15, 0.2) is 5.82 Å². The van der Waals surface area contributed by atoms with Gasteiger partial charge in [-0.05, 0) is 22.6 Å². The maximum atomic E-state index is 13.3. The van der Waals surface area contributed by atoms with E-state index in [1.807, 2.05) is 0 Å². The van der Waals surface area contributed by atoms with Crippen LogP contribution in [-0.2, 0) is 13.5 Å². The van der Waals surface area contributed by atoms with Gasteiger partial charge in [0.1, 0.15) is 5.82 Å². The van der Waals surface area contributed by atoms with Gasteiger partial charge in [-0.2, -0.15) is 0 Å². The predicted molar refractivity (Wildman–Crippen MR) is 61.2 cm³/mol. The van der Waals surface area contributed by atoms with Gasteiger partial charge in [0.25, 0.3) is 5.91 Å². The number of nitrogens with zero attached hydrogens (tertiary/aromatic N) is 4. The number of amides is 1. The van der Waals surface area contributed by atoms with Crippen LogP contribution in [0.15, 0.2) is 24.3 Å². The Balaban J connectivity index is 1.90. The van der Waals surface area contributed by atoms with Gasteiger partial charge >= 0.3 is 0 Å². The fraction of sp³-hybridized carbons (Fsp3) is 0.273. The van der Waals surface area contributed by atoms with Crippen molar-refractivity contribution in [2.24, 2.45) is 7.05 Å². The molecule has 0 saturated carbocycles. The summed E-state index contributed by atoms with van der Waals surface area (Å²) in [7, 11) is 1.72. The van der Waals surface area contributed by atoms with E-state index in [0.29, 0.717) is 18.8 Å². The van der Waals surface area contributed by atoms with Crippen molar-refractivity contribution in [3.8, 4) is 0 Å². The first-order valence-electron chi connectivity index (χ1n) is 5.42. The first-order valence-corrected chi connectivity index (χ1v) is 5.42. The molecule has 1 amide bonds. The summed E-state index contributed by atoms with van der Waals surface area (Å²) in [5.74, 6) is -0.317. The third-order valence-corrected chi connectivity index (χ3v) is 2.46. The highest BCUT2D eigenvalue weighted by atomic mass is 19.1. The summed E-state index contributed by atoms with van der Waals surface area (Å²) < 4.78 is 14.8. The molecule has 0 spiro atoms. The van der Waals surface area contributed by atoms with Crippen LogP contribution in [0.1, 0.15) is 16.2 Å². The SMILES string of the molecule is Cn1nnnc1CCNC(=O)c1ccccc1F. The van der Waals surface area contributed by atoms with Gasteiger partial charge < -0.3 is 5.32 Å². The predicted octanol–water partition coefficient (Wildman–Crippen LogP) is 0.322. The van der Waals surface area contributed by atoms with E-state index in [1.54, 1.807) is 13.1 Å². The highest BCUT2D eigenvalue weighted by molar-refractivity contribution is 5.94. The molecule has 1 aromatic heterocycles. The number of nitrogens with one attached hydrogen (secondary N) is 1. The maximum absolute atomic E-state index is 13.3. The Morgan fingerprint density at radius 2 is 2.22 bits per heavy atom. The average Bonchev–Trinajstić information content (AvgIpc) is 2.75. The van der Waals surface area contributed by atoms with Crippen LogP contribution in [0.2, 0.25) is 0 Å². The number of aryl methyl sites for hydroxylation is 1. The van der Waals surface area contributed by atoms with Crippen LogP contribution >= 0.6 is 0 Å². The minimum atomic E-state index is -0.532. The number of hydrogen-bond donors (Lipinski definition) is 1. The zero-order chi connectivity index (χ0) is 13.0. The van der Waals surface area contributed by atoms with E-state index in [0.717, 1.165) is 0 Å². The smallest absolute Gasteiger partial charge is 0.254 e. The maximum Gasteiger partial charge on any atom is 0.254 e. The second kappa shape index (κ2) is 5.35. The minimum absolute atomic E-state index is 0.0357. The van der Waals surface area contributed by atoms with Gasteiger partial charge in [0, 0.05) is 20.0 Å². The van der Waals surface area contributed by atoms with Gasteiger partial charge in [-0.25, -0.2) is 9.07 Å². The summed E-state index contributed by atoms with van der Waals surface area (Å²) in [5, 5.41) is 13.5. The Bertz CT molecular complexity index is 554. The molecule has 7 heteroatoms. The Labute approximate surface area is 103 Å². The van der Waals surface area contributed by atoms with Crippen LogP contribution in [0.5, 0.6) is 0 Å². The molecule has 2 rings (SSSR count). The lowest BCUT2D eigenvalue weighted by Crippen LogP contribution is -2.27. The molecule has 0 fully saturated rings. The number of hydrogen-bond acceptors (Lipinski definition) is 4. The first kappa shape index (κ1) is 12.2. The summed E-state index contributed by atoms with van der Waals surface area (Å²) in [5.41, 5.74) is 0.0357. The van der Waals surface area contributed by atoms with Crippen molar-refractivity contribution in [3.63, 3.8) is 0 Å². The van der Waals surface area contributed by atoms with Gasteiger partial charge in [0.2, 0.25) is 0 Å². The van der Waals surface area contributed by atoms with E-state index in [4.69, 9.17) is 0 Å². The fourth-order valence-electron chi connectivity index (χ4n) is 1.49. The number of rotatable bonds is 4. The van der Waals surface area contributed by atoms with Gasteiger partial charge in [-0.1, -0.05) is 12.1 Å². The van der Waals surface area contributed by atoms with Crippen molar-refractivity contribution >= 4 is 5.91 Å². The summed E-state index contributed by atoms with van der Waals surface area (Å²) in [6.45, 7) is 0.349. The molecule has 1 aromatic carbocycles. The molecular formula is C11H12FN5O. The van der Waals surface area contributed by atoms with Crippen LogP contribution in [0.4, 0.5) is 4.39 Å². The zero-order valence-corrected chi connectivity index (χ0v) is 9.80.